The average Bonchev–Trinajstić information content (AvgIpc) is 3.18. The molecule has 0 aliphatic carbocycles. The van der Waals surface area contributed by atoms with Crippen LogP contribution in [-0.4, -0.2) is 58.2 Å². The lowest BCUT2D eigenvalue weighted by Gasteiger charge is -2.43. The Labute approximate surface area is 166 Å². The summed E-state index contributed by atoms with van der Waals surface area (Å²) in [5.41, 5.74) is 1.00. The quantitative estimate of drug-likeness (QED) is 0.826. The van der Waals surface area contributed by atoms with E-state index in [9.17, 15) is 9.90 Å². The van der Waals surface area contributed by atoms with E-state index in [1.165, 1.54) is 0 Å². The maximum Gasteiger partial charge on any atom is 0.238 e. The molecular weight excluding hydrogens is 354 g/mol. The van der Waals surface area contributed by atoms with Crippen LogP contribution < -0.4 is 10.2 Å². The molecule has 4 rings (SSSR count). The number of carbonyl (C=O) groups excluding carboxylic acids is 1. The van der Waals surface area contributed by atoms with Crippen LogP contribution in [0, 0.1) is 0 Å². The molecule has 0 saturated carbocycles. The first-order chi connectivity index (χ1) is 13.4. The molecule has 7 heteroatoms. The van der Waals surface area contributed by atoms with E-state index < -0.39 is 5.60 Å². The smallest absolute Gasteiger partial charge is 0.238 e. The van der Waals surface area contributed by atoms with Crippen molar-refractivity contribution in [2.24, 2.45) is 7.05 Å². The highest BCUT2D eigenvalue weighted by Gasteiger charge is 2.50. The number of piperidine rings is 1. The molecule has 1 aromatic heterocycles. The molecule has 0 unspecified atom stereocenters. The molecule has 2 fully saturated rings. The Morgan fingerprint density at radius 2 is 1.89 bits per heavy atom. The maximum atomic E-state index is 12.6. The standard InChI is InChI=1S/C21H29N5O2/c1-24(2)16-6-4-15(5-7-16)23-19(27)14-26-17-8-9-18(26)13-21(28,12-17)20-22-10-11-25(20)3/h4-7,10-11,17-18,28H,8-9,12-14H2,1-3H3,(H,23,27)/t17-,18-/m1/s1. The number of carbonyl (C=O) groups is 1. The van der Waals surface area contributed by atoms with Crippen molar-refractivity contribution in [2.75, 3.05) is 30.9 Å². The Hall–Kier alpha value is -2.38. The minimum atomic E-state index is -0.904. The summed E-state index contributed by atoms with van der Waals surface area (Å²) in [7, 11) is 5.90. The van der Waals surface area contributed by atoms with Gasteiger partial charge >= 0.3 is 0 Å². The van der Waals surface area contributed by atoms with Crippen LogP contribution in [0.3, 0.4) is 0 Å². The van der Waals surface area contributed by atoms with E-state index in [4.69, 9.17) is 0 Å². The summed E-state index contributed by atoms with van der Waals surface area (Å²) < 4.78 is 1.90. The van der Waals surface area contributed by atoms with Crippen molar-refractivity contribution in [2.45, 2.75) is 43.4 Å². The Morgan fingerprint density at radius 1 is 1.25 bits per heavy atom. The lowest BCUT2D eigenvalue weighted by molar-refractivity contribution is -0.121. The van der Waals surface area contributed by atoms with Crippen LogP contribution in [0.15, 0.2) is 36.7 Å². The molecule has 2 saturated heterocycles. The summed E-state index contributed by atoms with van der Waals surface area (Å²) >= 11 is 0. The molecular formula is C21H29N5O2. The van der Waals surface area contributed by atoms with Crippen LogP contribution in [0.1, 0.15) is 31.5 Å². The van der Waals surface area contributed by atoms with Gasteiger partial charge in [0.25, 0.3) is 0 Å². The van der Waals surface area contributed by atoms with E-state index >= 15 is 0 Å². The number of aromatic nitrogens is 2. The second-order valence-corrected chi connectivity index (χ2v) is 8.35. The number of aryl methyl sites for hydroxylation is 1. The van der Waals surface area contributed by atoms with Crippen molar-refractivity contribution in [3.05, 3.63) is 42.5 Å². The number of hydrogen-bond donors (Lipinski definition) is 2. The van der Waals surface area contributed by atoms with Gasteiger partial charge in [-0.25, -0.2) is 4.98 Å². The van der Waals surface area contributed by atoms with Crippen molar-refractivity contribution in [3.63, 3.8) is 0 Å². The maximum absolute atomic E-state index is 12.6. The Morgan fingerprint density at radius 3 is 2.43 bits per heavy atom. The zero-order valence-electron chi connectivity index (χ0n) is 16.8. The molecule has 2 N–H and O–H groups in total. The molecule has 2 aliphatic heterocycles. The Kier molecular flexibility index (Phi) is 4.89. The SMILES string of the molecule is CN(C)c1ccc(NC(=O)CN2[C@@H]3CC[C@@H]2CC(O)(c2nccn2C)C3)cc1. The van der Waals surface area contributed by atoms with E-state index in [0.29, 0.717) is 19.4 Å². The predicted molar refractivity (Wildman–Crippen MR) is 109 cm³/mol. The Balaban J connectivity index is 1.40. The van der Waals surface area contributed by atoms with Crippen LogP contribution in [0.4, 0.5) is 11.4 Å². The van der Waals surface area contributed by atoms with Gasteiger partial charge < -0.3 is 19.9 Å². The third kappa shape index (κ3) is 3.52. The number of hydrogen-bond acceptors (Lipinski definition) is 5. The first kappa shape index (κ1) is 19.0. The van der Waals surface area contributed by atoms with Crippen molar-refractivity contribution >= 4 is 17.3 Å². The monoisotopic (exact) mass is 383 g/mol. The van der Waals surface area contributed by atoms with Gasteiger partial charge in [0, 0.05) is 57.0 Å². The molecule has 0 spiro atoms. The minimum Gasteiger partial charge on any atom is -0.382 e. The zero-order valence-corrected chi connectivity index (χ0v) is 16.8. The summed E-state index contributed by atoms with van der Waals surface area (Å²) in [4.78, 5) is 21.3. The lowest BCUT2D eigenvalue weighted by Crippen LogP contribution is -2.52. The van der Waals surface area contributed by atoms with Gasteiger partial charge in [-0.3, -0.25) is 9.69 Å². The molecule has 2 aromatic rings. The predicted octanol–water partition coefficient (Wildman–Crippen LogP) is 1.94. The lowest BCUT2D eigenvalue weighted by atomic mass is 9.85. The largest absolute Gasteiger partial charge is 0.382 e. The van der Waals surface area contributed by atoms with Crippen molar-refractivity contribution < 1.29 is 9.90 Å². The highest BCUT2D eigenvalue weighted by molar-refractivity contribution is 5.92. The zero-order chi connectivity index (χ0) is 19.9. The Bertz CT molecular complexity index is 831. The molecule has 7 nitrogen and oxygen atoms in total. The van der Waals surface area contributed by atoms with Gasteiger partial charge in [0.2, 0.25) is 5.91 Å². The second kappa shape index (κ2) is 7.22. The van der Waals surface area contributed by atoms with Crippen molar-refractivity contribution in [1.82, 2.24) is 14.5 Å². The van der Waals surface area contributed by atoms with Gasteiger partial charge in [0.1, 0.15) is 11.4 Å². The van der Waals surface area contributed by atoms with Crippen LogP contribution in [0.2, 0.25) is 0 Å². The number of nitrogens with zero attached hydrogens (tertiary/aromatic N) is 4. The van der Waals surface area contributed by atoms with Gasteiger partial charge in [-0.15, -0.1) is 0 Å². The third-order valence-electron chi connectivity index (χ3n) is 6.15. The molecule has 0 radical (unpaired) electrons. The van der Waals surface area contributed by atoms with E-state index in [0.717, 1.165) is 30.0 Å². The molecule has 28 heavy (non-hydrogen) atoms. The normalized spacial score (nSPS) is 27.0. The van der Waals surface area contributed by atoms with E-state index in [2.05, 4.69) is 15.2 Å². The number of fused-ring (bicyclic) bond motifs is 2. The number of nitrogens with one attached hydrogen (secondary N) is 1. The molecule has 1 amide bonds. The van der Waals surface area contributed by atoms with Crippen LogP contribution in [-0.2, 0) is 17.4 Å². The summed E-state index contributed by atoms with van der Waals surface area (Å²) in [6.45, 7) is 0.363. The third-order valence-corrected chi connectivity index (χ3v) is 6.15. The van der Waals surface area contributed by atoms with Gasteiger partial charge in [0.05, 0.1) is 6.54 Å². The molecule has 3 heterocycles. The highest BCUT2D eigenvalue weighted by Crippen LogP contribution is 2.44. The number of amides is 1. The number of aliphatic hydroxyl groups is 1. The van der Waals surface area contributed by atoms with Gasteiger partial charge in [-0.1, -0.05) is 0 Å². The molecule has 2 atom stereocenters. The minimum absolute atomic E-state index is 0.00284. The van der Waals surface area contributed by atoms with Crippen LogP contribution in [0.25, 0.3) is 0 Å². The summed E-state index contributed by atoms with van der Waals surface area (Å²) in [6, 6.07) is 8.26. The van der Waals surface area contributed by atoms with Gasteiger partial charge in [0.15, 0.2) is 0 Å². The van der Waals surface area contributed by atoms with E-state index in [-0.39, 0.29) is 18.0 Å². The van der Waals surface area contributed by atoms with Crippen LogP contribution in [0.5, 0.6) is 0 Å². The first-order valence-corrected chi connectivity index (χ1v) is 9.89. The molecule has 2 aliphatic rings. The van der Waals surface area contributed by atoms with Crippen molar-refractivity contribution in [3.8, 4) is 0 Å². The van der Waals surface area contributed by atoms with Gasteiger partial charge in [-0.05, 0) is 49.9 Å². The topological polar surface area (TPSA) is 73.6 Å². The number of anilines is 2. The summed E-state index contributed by atoms with van der Waals surface area (Å²) in [6.07, 6.45) is 6.88. The molecule has 1 aromatic carbocycles. The number of imidazole rings is 1. The van der Waals surface area contributed by atoms with Crippen molar-refractivity contribution in [1.29, 1.82) is 0 Å². The number of rotatable bonds is 5. The van der Waals surface area contributed by atoms with Gasteiger partial charge in [-0.2, -0.15) is 0 Å². The fourth-order valence-corrected chi connectivity index (χ4v) is 4.78. The summed E-state index contributed by atoms with van der Waals surface area (Å²) in [5.74, 6) is 0.728. The molecule has 2 bridgehead atoms. The first-order valence-electron chi connectivity index (χ1n) is 9.89. The van der Waals surface area contributed by atoms with E-state index in [1.807, 2.05) is 61.1 Å². The average molecular weight is 383 g/mol. The molecule has 150 valence electrons. The van der Waals surface area contributed by atoms with Crippen LogP contribution >= 0.6 is 0 Å². The fourth-order valence-electron chi connectivity index (χ4n) is 4.78. The number of benzene rings is 1. The fraction of sp³-hybridized carbons (Fsp3) is 0.524. The second-order valence-electron chi connectivity index (χ2n) is 8.35. The highest BCUT2D eigenvalue weighted by atomic mass is 16.3. The summed E-state index contributed by atoms with van der Waals surface area (Å²) in [5, 5.41) is 14.2. The van der Waals surface area contributed by atoms with E-state index in [1.54, 1.807) is 6.20 Å².